The molecule has 0 heterocycles. The van der Waals surface area contributed by atoms with Gasteiger partial charge in [-0.3, -0.25) is 9.59 Å². The van der Waals surface area contributed by atoms with E-state index in [1.807, 2.05) is 42.5 Å². The molecule has 0 aromatic heterocycles. The van der Waals surface area contributed by atoms with Crippen molar-refractivity contribution in [3.05, 3.63) is 42.5 Å². The first kappa shape index (κ1) is 14.1. The number of nitrogens with one attached hydrogen (secondary N) is 1. The van der Waals surface area contributed by atoms with Crippen LogP contribution < -0.4 is 5.32 Å². The number of hydrogen-bond donors (Lipinski definition) is 2. The molecule has 0 aliphatic carbocycles. The Hall–Kier alpha value is -2.36. The van der Waals surface area contributed by atoms with Crippen LogP contribution in [0.3, 0.4) is 0 Å². The molecule has 4 nitrogen and oxygen atoms in total. The van der Waals surface area contributed by atoms with E-state index >= 15 is 0 Å². The van der Waals surface area contributed by atoms with Gasteiger partial charge in [0.25, 0.3) is 0 Å². The van der Waals surface area contributed by atoms with Crippen molar-refractivity contribution >= 4 is 28.3 Å². The predicted octanol–water partition coefficient (Wildman–Crippen LogP) is 3.28. The molecule has 2 aromatic carbocycles. The van der Waals surface area contributed by atoms with E-state index in [0.29, 0.717) is 5.69 Å². The Bertz CT molecular complexity index is 662. The minimum atomic E-state index is -1.07. The second-order valence-electron chi connectivity index (χ2n) is 5.48. The number of carboxylic acids is 1. The Morgan fingerprint density at radius 2 is 1.75 bits per heavy atom. The molecule has 0 spiro atoms. The van der Waals surface area contributed by atoms with Crippen LogP contribution in [0.25, 0.3) is 10.8 Å². The minimum Gasteiger partial charge on any atom is -0.481 e. The molecule has 0 radical (unpaired) electrons. The lowest BCUT2D eigenvalue weighted by Gasteiger charge is -2.18. The van der Waals surface area contributed by atoms with Gasteiger partial charge in [-0.1, -0.05) is 30.3 Å². The molecular weight excluding hydrogens is 254 g/mol. The van der Waals surface area contributed by atoms with E-state index in [4.69, 9.17) is 5.11 Å². The van der Waals surface area contributed by atoms with Crippen LogP contribution in [0.1, 0.15) is 20.3 Å². The highest BCUT2D eigenvalue weighted by molar-refractivity contribution is 5.96. The molecular formula is C16H17NO3. The Morgan fingerprint density at radius 3 is 2.40 bits per heavy atom. The van der Waals surface area contributed by atoms with Crippen LogP contribution in [0.2, 0.25) is 0 Å². The fourth-order valence-corrected chi connectivity index (χ4v) is 1.95. The van der Waals surface area contributed by atoms with Crippen molar-refractivity contribution in [1.29, 1.82) is 0 Å². The van der Waals surface area contributed by atoms with Crippen molar-refractivity contribution in [1.82, 2.24) is 0 Å². The maximum Gasteiger partial charge on any atom is 0.309 e. The highest BCUT2D eigenvalue weighted by Gasteiger charge is 2.30. The minimum absolute atomic E-state index is 0.0604. The van der Waals surface area contributed by atoms with Gasteiger partial charge in [0.1, 0.15) is 0 Å². The summed E-state index contributed by atoms with van der Waals surface area (Å²) in [5.74, 6) is -1.28. The number of carbonyl (C=O) groups excluding carboxylic acids is 1. The van der Waals surface area contributed by atoms with Crippen LogP contribution in [-0.4, -0.2) is 17.0 Å². The van der Waals surface area contributed by atoms with E-state index in [0.717, 1.165) is 10.8 Å². The molecule has 2 rings (SSSR count). The number of amides is 1. The Balaban J connectivity index is 2.12. The zero-order valence-corrected chi connectivity index (χ0v) is 11.5. The normalized spacial score (nSPS) is 11.3. The van der Waals surface area contributed by atoms with Crippen molar-refractivity contribution in [3.8, 4) is 0 Å². The Morgan fingerprint density at radius 1 is 1.10 bits per heavy atom. The maximum atomic E-state index is 11.9. The number of fused-ring (bicyclic) bond motifs is 1. The van der Waals surface area contributed by atoms with Crippen molar-refractivity contribution < 1.29 is 14.7 Å². The summed E-state index contributed by atoms with van der Waals surface area (Å²) in [6.07, 6.45) is -0.0604. The lowest BCUT2D eigenvalue weighted by Crippen LogP contribution is -2.29. The third kappa shape index (κ3) is 3.15. The van der Waals surface area contributed by atoms with Gasteiger partial charge in [0.15, 0.2) is 0 Å². The standard InChI is InChI=1S/C16H17NO3/c1-16(2,15(19)20)10-14(18)17-13-8-7-11-5-3-4-6-12(11)9-13/h3-9H,10H2,1-2H3,(H,17,18)(H,19,20). The molecule has 4 heteroatoms. The first-order chi connectivity index (χ1) is 9.38. The van der Waals surface area contributed by atoms with Gasteiger partial charge in [-0.05, 0) is 36.8 Å². The molecule has 0 aliphatic rings. The fourth-order valence-electron chi connectivity index (χ4n) is 1.95. The average Bonchev–Trinajstić information content (AvgIpc) is 2.37. The summed E-state index contributed by atoms with van der Waals surface area (Å²) < 4.78 is 0. The van der Waals surface area contributed by atoms with E-state index in [1.54, 1.807) is 0 Å². The number of hydrogen-bond acceptors (Lipinski definition) is 2. The molecule has 20 heavy (non-hydrogen) atoms. The first-order valence-electron chi connectivity index (χ1n) is 6.40. The molecule has 0 fully saturated rings. The van der Waals surface area contributed by atoms with E-state index in [2.05, 4.69) is 5.32 Å². The number of benzene rings is 2. The SMILES string of the molecule is CC(C)(CC(=O)Nc1ccc2ccccc2c1)C(=O)O. The smallest absolute Gasteiger partial charge is 0.309 e. The third-order valence-electron chi connectivity index (χ3n) is 3.21. The van der Waals surface area contributed by atoms with Gasteiger partial charge >= 0.3 is 5.97 Å². The van der Waals surface area contributed by atoms with Crippen LogP contribution in [0.5, 0.6) is 0 Å². The lowest BCUT2D eigenvalue weighted by molar-refractivity contribution is -0.148. The van der Waals surface area contributed by atoms with Crippen LogP contribution in [0.4, 0.5) is 5.69 Å². The van der Waals surface area contributed by atoms with Gasteiger partial charge in [-0.2, -0.15) is 0 Å². The monoisotopic (exact) mass is 271 g/mol. The van der Waals surface area contributed by atoms with Crippen LogP contribution in [0.15, 0.2) is 42.5 Å². The maximum absolute atomic E-state index is 11.9. The molecule has 0 aliphatic heterocycles. The molecule has 1 amide bonds. The second kappa shape index (κ2) is 5.33. The zero-order valence-electron chi connectivity index (χ0n) is 11.5. The van der Waals surface area contributed by atoms with Gasteiger partial charge in [-0.25, -0.2) is 0 Å². The van der Waals surface area contributed by atoms with Crippen molar-refractivity contribution in [2.45, 2.75) is 20.3 Å². The summed E-state index contributed by atoms with van der Waals surface area (Å²) in [7, 11) is 0. The van der Waals surface area contributed by atoms with Gasteiger partial charge in [0.05, 0.1) is 5.41 Å². The number of rotatable bonds is 4. The number of carboxylic acid groups (broad SMARTS) is 1. The second-order valence-corrected chi connectivity index (χ2v) is 5.48. The van der Waals surface area contributed by atoms with E-state index in [1.165, 1.54) is 13.8 Å². The largest absolute Gasteiger partial charge is 0.481 e. The molecule has 0 saturated carbocycles. The predicted molar refractivity (Wildman–Crippen MR) is 78.6 cm³/mol. The summed E-state index contributed by atoms with van der Waals surface area (Å²) in [5, 5.41) is 13.9. The van der Waals surface area contributed by atoms with Crippen LogP contribution >= 0.6 is 0 Å². The Labute approximate surface area is 117 Å². The summed E-state index contributed by atoms with van der Waals surface area (Å²) in [6.45, 7) is 3.07. The summed E-state index contributed by atoms with van der Waals surface area (Å²) in [6, 6.07) is 13.5. The average molecular weight is 271 g/mol. The van der Waals surface area contributed by atoms with Crippen LogP contribution in [0, 0.1) is 5.41 Å². The summed E-state index contributed by atoms with van der Waals surface area (Å²) >= 11 is 0. The van der Waals surface area contributed by atoms with Gasteiger partial charge < -0.3 is 10.4 Å². The lowest BCUT2D eigenvalue weighted by atomic mass is 9.89. The van der Waals surface area contributed by atoms with E-state index < -0.39 is 11.4 Å². The number of anilines is 1. The van der Waals surface area contributed by atoms with Gasteiger partial charge in [0, 0.05) is 12.1 Å². The molecule has 104 valence electrons. The number of carbonyl (C=O) groups is 2. The number of aliphatic carboxylic acids is 1. The summed E-state index contributed by atoms with van der Waals surface area (Å²) in [4.78, 5) is 22.9. The first-order valence-corrected chi connectivity index (χ1v) is 6.40. The third-order valence-corrected chi connectivity index (χ3v) is 3.21. The highest BCUT2D eigenvalue weighted by atomic mass is 16.4. The molecule has 2 aromatic rings. The molecule has 0 saturated heterocycles. The highest BCUT2D eigenvalue weighted by Crippen LogP contribution is 2.23. The van der Waals surface area contributed by atoms with E-state index in [9.17, 15) is 9.59 Å². The van der Waals surface area contributed by atoms with Gasteiger partial charge in [-0.15, -0.1) is 0 Å². The Kier molecular flexibility index (Phi) is 3.74. The quantitative estimate of drug-likeness (QED) is 0.896. The van der Waals surface area contributed by atoms with E-state index in [-0.39, 0.29) is 12.3 Å². The van der Waals surface area contributed by atoms with Crippen molar-refractivity contribution in [3.63, 3.8) is 0 Å². The summed E-state index contributed by atoms with van der Waals surface area (Å²) in [5.41, 5.74) is -0.393. The van der Waals surface area contributed by atoms with Crippen molar-refractivity contribution in [2.75, 3.05) is 5.32 Å². The fraction of sp³-hybridized carbons (Fsp3) is 0.250. The molecule has 0 bridgehead atoms. The molecule has 2 N–H and O–H groups in total. The zero-order chi connectivity index (χ0) is 14.8. The molecule has 0 atom stereocenters. The van der Waals surface area contributed by atoms with Crippen molar-refractivity contribution in [2.24, 2.45) is 5.41 Å². The van der Waals surface area contributed by atoms with Gasteiger partial charge in [0.2, 0.25) is 5.91 Å². The topological polar surface area (TPSA) is 66.4 Å². The molecule has 0 unspecified atom stereocenters. The van der Waals surface area contributed by atoms with Crippen LogP contribution in [-0.2, 0) is 9.59 Å².